The summed E-state index contributed by atoms with van der Waals surface area (Å²) in [6, 6.07) is 3.40. The van der Waals surface area contributed by atoms with Gasteiger partial charge in [-0.25, -0.2) is 8.78 Å². The topological polar surface area (TPSA) is 33.4 Å². The van der Waals surface area contributed by atoms with Gasteiger partial charge in [0, 0.05) is 11.5 Å². The van der Waals surface area contributed by atoms with Gasteiger partial charge in [-0.2, -0.15) is 0 Å². The standard InChI is InChI=1S/C12H12F2O2/c1-6(2)11(15)10-4-7-3-8(13)5-9(14)12(7)16-10/h3-6,11,15H,1-2H3. The molecule has 0 bridgehead atoms. The molecular formula is C12H12F2O2. The lowest BCUT2D eigenvalue weighted by Crippen LogP contribution is -2.03. The number of hydrogen-bond acceptors (Lipinski definition) is 2. The number of halogens is 2. The van der Waals surface area contributed by atoms with Crippen LogP contribution in [0.2, 0.25) is 0 Å². The predicted molar refractivity (Wildman–Crippen MR) is 55.9 cm³/mol. The maximum absolute atomic E-state index is 13.3. The van der Waals surface area contributed by atoms with Crippen LogP contribution in [-0.4, -0.2) is 5.11 Å². The van der Waals surface area contributed by atoms with Crippen molar-refractivity contribution in [1.29, 1.82) is 0 Å². The van der Waals surface area contributed by atoms with Crippen LogP contribution in [0.15, 0.2) is 22.6 Å². The van der Waals surface area contributed by atoms with Crippen LogP contribution in [0.1, 0.15) is 25.7 Å². The van der Waals surface area contributed by atoms with Crippen LogP contribution in [0.3, 0.4) is 0 Å². The molecule has 2 nitrogen and oxygen atoms in total. The zero-order valence-corrected chi connectivity index (χ0v) is 9.00. The highest BCUT2D eigenvalue weighted by atomic mass is 19.1. The van der Waals surface area contributed by atoms with Crippen LogP contribution in [0, 0.1) is 17.6 Å². The second-order valence-corrected chi connectivity index (χ2v) is 4.14. The third-order valence-electron chi connectivity index (χ3n) is 2.48. The first-order valence-electron chi connectivity index (χ1n) is 5.05. The van der Waals surface area contributed by atoms with Crippen LogP contribution < -0.4 is 0 Å². The maximum Gasteiger partial charge on any atom is 0.170 e. The first-order chi connectivity index (χ1) is 7.49. The van der Waals surface area contributed by atoms with Gasteiger partial charge in [0.1, 0.15) is 17.7 Å². The molecule has 2 aromatic rings. The number of rotatable bonds is 2. The SMILES string of the molecule is CC(C)C(O)c1cc2cc(F)cc(F)c2o1. The lowest BCUT2D eigenvalue weighted by molar-refractivity contribution is 0.104. The van der Waals surface area contributed by atoms with E-state index in [0.717, 1.165) is 6.07 Å². The highest BCUT2D eigenvalue weighted by molar-refractivity contribution is 5.78. The Hall–Kier alpha value is -1.42. The number of hydrogen-bond donors (Lipinski definition) is 1. The van der Waals surface area contributed by atoms with E-state index in [1.54, 1.807) is 0 Å². The fourth-order valence-electron chi connectivity index (χ4n) is 1.57. The van der Waals surface area contributed by atoms with Crippen LogP contribution in [0.5, 0.6) is 0 Å². The summed E-state index contributed by atoms with van der Waals surface area (Å²) in [4.78, 5) is 0. The van der Waals surface area contributed by atoms with Gasteiger partial charge in [-0.15, -0.1) is 0 Å². The Labute approximate surface area is 91.5 Å². The number of aliphatic hydroxyl groups is 1. The molecule has 1 aromatic carbocycles. The zero-order valence-electron chi connectivity index (χ0n) is 9.00. The zero-order chi connectivity index (χ0) is 11.9. The molecule has 1 atom stereocenters. The Morgan fingerprint density at radius 3 is 2.50 bits per heavy atom. The molecule has 2 rings (SSSR count). The van der Waals surface area contributed by atoms with Gasteiger partial charge in [0.15, 0.2) is 11.4 Å². The minimum absolute atomic E-state index is 0.0175. The molecule has 86 valence electrons. The highest BCUT2D eigenvalue weighted by Crippen LogP contribution is 2.29. The summed E-state index contributed by atoms with van der Waals surface area (Å²) in [6.45, 7) is 3.63. The minimum atomic E-state index is -0.810. The monoisotopic (exact) mass is 226 g/mol. The minimum Gasteiger partial charge on any atom is -0.455 e. The fraction of sp³-hybridized carbons (Fsp3) is 0.333. The largest absolute Gasteiger partial charge is 0.455 e. The first-order valence-corrected chi connectivity index (χ1v) is 5.05. The van der Waals surface area contributed by atoms with Gasteiger partial charge in [-0.1, -0.05) is 13.8 Å². The molecule has 0 radical (unpaired) electrons. The van der Waals surface area contributed by atoms with Crippen LogP contribution in [0.4, 0.5) is 8.78 Å². The average Bonchev–Trinajstić information content (AvgIpc) is 2.60. The summed E-state index contributed by atoms with van der Waals surface area (Å²) in [5, 5.41) is 10.1. The van der Waals surface area contributed by atoms with Gasteiger partial charge in [0.25, 0.3) is 0 Å². The molecular weight excluding hydrogens is 214 g/mol. The number of fused-ring (bicyclic) bond motifs is 1. The third kappa shape index (κ3) is 1.80. The van der Waals surface area contributed by atoms with Crippen molar-refractivity contribution in [3.63, 3.8) is 0 Å². The molecule has 0 aliphatic heterocycles. The summed E-state index contributed by atoms with van der Waals surface area (Å²) in [6.07, 6.45) is -0.810. The second kappa shape index (κ2) is 3.87. The lowest BCUT2D eigenvalue weighted by atomic mass is 10.1. The molecule has 1 unspecified atom stereocenters. The molecule has 0 spiro atoms. The van der Waals surface area contributed by atoms with Gasteiger partial charge in [0.2, 0.25) is 0 Å². The fourth-order valence-corrected chi connectivity index (χ4v) is 1.57. The molecule has 1 heterocycles. The van der Waals surface area contributed by atoms with E-state index in [1.165, 1.54) is 12.1 Å². The van der Waals surface area contributed by atoms with Gasteiger partial charge in [-0.3, -0.25) is 0 Å². The molecule has 0 saturated heterocycles. The summed E-state index contributed by atoms with van der Waals surface area (Å²) in [7, 11) is 0. The number of benzene rings is 1. The lowest BCUT2D eigenvalue weighted by Gasteiger charge is -2.10. The molecule has 16 heavy (non-hydrogen) atoms. The van der Waals surface area contributed by atoms with Gasteiger partial charge < -0.3 is 9.52 Å². The van der Waals surface area contributed by atoms with E-state index in [-0.39, 0.29) is 17.3 Å². The van der Waals surface area contributed by atoms with Crippen molar-refractivity contribution in [2.45, 2.75) is 20.0 Å². The summed E-state index contributed by atoms with van der Waals surface area (Å²) in [5.74, 6) is -1.20. The Balaban J connectivity index is 2.56. The normalized spacial score (nSPS) is 13.6. The first kappa shape index (κ1) is 11.1. The van der Waals surface area contributed by atoms with Gasteiger partial charge >= 0.3 is 0 Å². The molecule has 0 fully saturated rings. The van der Waals surface area contributed by atoms with E-state index in [9.17, 15) is 13.9 Å². The van der Waals surface area contributed by atoms with Gasteiger partial charge in [0.05, 0.1) is 0 Å². The van der Waals surface area contributed by atoms with Crippen molar-refractivity contribution in [2.75, 3.05) is 0 Å². The second-order valence-electron chi connectivity index (χ2n) is 4.14. The summed E-state index contributed by atoms with van der Waals surface area (Å²) in [5.41, 5.74) is -0.0175. The quantitative estimate of drug-likeness (QED) is 0.851. The van der Waals surface area contributed by atoms with Crippen molar-refractivity contribution >= 4 is 11.0 Å². The van der Waals surface area contributed by atoms with E-state index in [4.69, 9.17) is 4.42 Å². The van der Waals surface area contributed by atoms with Crippen molar-refractivity contribution in [3.05, 3.63) is 35.6 Å². The Morgan fingerprint density at radius 1 is 1.19 bits per heavy atom. The summed E-state index contributed by atoms with van der Waals surface area (Å²) >= 11 is 0. The third-order valence-corrected chi connectivity index (χ3v) is 2.48. The van der Waals surface area contributed by atoms with Crippen LogP contribution in [0.25, 0.3) is 11.0 Å². The molecule has 1 N–H and O–H groups in total. The maximum atomic E-state index is 13.3. The van der Waals surface area contributed by atoms with Crippen molar-refractivity contribution in [1.82, 2.24) is 0 Å². The Bertz CT molecular complexity index is 517. The molecule has 4 heteroatoms. The van der Waals surface area contributed by atoms with Crippen molar-refractivity contribution in [3.8, 4) is 0 Å². The smallest absolute Gasteiger partial charge is 0.170 e. The van der Waals surface area contributed by atoms with Crippen LogP contribution in [-0.2, 0) is 0 Å². The molecule has 0 saturated carbocycles. The Morgan fingerprint density at radius 2 is 1.88 bits per heavy atom. The Kier molecular flexibility index (Phi) is 2.68. The van der Waals surface area contributed by atoms with E-state index in [0.29, 0.717) is 5.39 Å². The van der Waals surface area contributed by atoms with Gasteiger partial charge in [-0.05, 0) is 18.1 Å². The van der Waals surface area contributed by atoms with Crippen molar-refractivity contribution in [2.24, 2.45) is 5.92 Å². The van der Waals surface area contributed by atoms with E-state index in [1.807, 2.05) is 13.8 Å². The highest BCUT2D eigenvalue weighted by Gasteiger charge is 2.18. The van der Waals surface area contributed by atoms with E-state index in [2.05, 4.69) is 0 Å². The van der Waals surface area contributed by atoms with Crippen molar-refractivity contribution < 1.29 is 18.3 Å². The molecule has 0 aliphatic rings. The average molecular weight is 226 g/mol. The van der Waals surface area contributed by atoms with E-state index < -0.39 is 17.7 Å². The predicted octanol–water partition coefficient (Wildman–Crippen LogP) is 3.40. The number of furan rings is 1. The van der Waals surface area contributed by atoms with Crippen LogP contribution >= 0.6 is 0 Å². The molecule has 1 aromatic heterocycles. The molecule has 0 amide bonds. The summed E-state index contributed by atoms with van der Waals surface area (Å²) < 4.78 is 31.4. The number of aliphatic hydroxyl groups excluding tert-OH is 1. The van der Waals surface area contributed by atoms with E-state index >= 15 is 0 Å². The molecule has 0 aliphatic carbocycles.